The molecule has 0 saturated carbocycles. The van der Waals surface area contributed by atoms with E-state index in [9.17, 15) is 0 Å². The number of likely N-dealkylation sites (tertiary alicyclic amines) is 1. The van der Waals surface area contributed by atoms with Crippen LogP contribution in [-0.4, -0.2) is 64.4 Å². The molecule has 2 N–H and O–H groups in total. The molecule has 0 unspecified atom stereocenters. The Labute approximate surface area is 184 Å². The number of nitrogen functional groups attached to an aromatic ring is 1. The van der Waals surface area contributed by atoms with E-state index in [1.54, 1.807) is 0 Å². The smallest absolute Gasteiger partial charge is 0.161 e. The van der Waals surface area contributed by atoms with Gasteiger partial charge < -0.3 is 15.5 Å². The summed E-state index contributed by atoms with van der Waals surface area (Å²) in [6, 6.07) is 8.91. The van der Waals surface area contributed by atoms with E-state index < -0.39 is 0 Å². The van der Waals surface area contributed by atoms with Crippen LogP contribution in [0.3, 0.4) is 0 Å². The maximum Gasteiger partial charge on any atom is 0.161 e. The first-order chi connectivity index (χ1) is 15.0. The summed E-state index contributed by atoms with van der Waals surface area (Å²) in [5.74, 6) is 1.19. The van der Waals surface area contributed by atoms with Crippen LogP contribution in [-0.2, 0) is 0 Å². The molecule has 3 aromatic rings. The summed E-state index contributed by atoms with van der Waals surface area (Å²) in [5, 5.41) is 0. The van der Waals surface area contributed by atoms with Crippen molar-refractivity contribution in [3.63, 3.8) is 0 Å². The molecule has 3 aromatic heterocycles. The van der Waals surface area contributed by atoms with Gasteiger partial charge in [0.1, 0.15) is 5.82 Å². The molecule has 0 bridgehead atoms. The lowest BCUT2D eigenvalue weighted by molar-refractivity contribution is 0.109. The number of likely N-dealkylation sites (N-methyl/N-ethyl adjacent to an activating group) is 1. The van der Waals surface area contributed by atoms with E-state index in [2.05, 4.69) is 58.4 Å². The minimum atomic E-state index is 0.264. The Morgan fingerprint density at radius 2 is 1.77 bits per heavy atom. The Balaban J connectivity index is 1.49. The Hall–Kier alpha value is -2.64. The van der Waals surface area contributed by atoms with Gasteiger partial charge in [-0.2, -0.15) is 0 Å². The van der Waals surface area contributed by atoms with Gasteiger partial charge in [-0.3, -0.25) is 14.3 Å². The summed E-state index contributed by atoms with van der Waals surface area (Å²) in [6.07, 6.45) is 7.53. The fourth-order valence-corrected chi connectivity index (χ4v) is 5.21. The highest BCUT2D eigenvalue weighted by atomic mass is 15.3. The van der Waals surface area contributed by atoms with E-state index in [-0.39, 0.29) is 6.04 Å². The predicted molar refractivity (Wildman–Crippen MR) is 125 cm³/mol. The number of imidazole rings is 1. The highest BCUT2D eigenvalue weighted by molar-refractivity contribution is 5.69. The summed E-state index contributed by atoms with van der Waals surface area (Å²) in [5.41, 5.74) is 11.5. The van der Waals surface area contributed by atoms with E-state index >= 15 is 0 Å². The zero-order valence-corrected chi connectivity index (χ0v) is 18.8. The second-order valence-corrected chi connectivity index (χ2v) is 9.13. The first-order valence-electron chi connectivity index (χ1n) is 11.4. The number of nitrogens with zero attached hydrogens (tertiary/aromatic N) is 6. The normalized spacial score (nSPS) is 23.5. The van der Waals surface area contributed by atoms with Crippen LogP contribution in [0.1, 0.15) is 48.3 Å². The Bertz CT molecular complexity index is 1070. The van der Waals surface area contributed by atoms with Crippen LogP contribution in [0.25, 0.3) is 5.65 Å². The van der Waals surface area contributed by atoms with Gasteiger partial charge in [0.15, 0.2) is 5.65 Å². The van der Waals surface area contributed by atoms with Crippen molar-refractivity contribution in [1.29, 1.82) is 0 Å². The summed E-state index contributed by atoms with van der Waals surface area (Å²) in [6.45, 7) is 6.35. The van der Waals surface area contributed by atoms with Gasteiger partial charge in [-0.25, -0.2) is 4.98 Å². The molecule has 164 valence electrons. The van der Waals surface area contributed by atoms with Crippen molar-refractivity contribution in [3.8, 4) is 0 Å². The van der Waals surface area contributed by atoms with Crippen molar-refractivity contribution in [2.24, 2.45) is 0 Å². The van der Waals surface area contributed by atoms with Crippen molar-refractivity contribution >= 4 is 17.2 Å². The van der Waals surface area contributed by atoms with Gasteiger partial charge in [0.05, 0.1) is 29.2 Å². The van der Waals surface area contributed by atoms with Gasteiger partial charge in [0, 0.05) is 38.6 Å². The van der Waals surface area contributed by atoms with Gasteiger partial charge >= 0.3 is 0 Å². The molecule has 5 rings (SSSR count). The number of aromatic nitrogens is 3. The third kappa shape index (κ3) is 3.66. The van der Waals surface area contributed by atoms with Crippen molar-refractivity contribution in [2.45, 2.75) is 38.3 Å². The molecule has 7 heteroatoms. The topological polar surface area (TPSA) is 65.9 Å². The zero-order chi connectivity index (χ0) is 21.5. The van der Waals surface area contributed by atoms with E-state index in [1.807, 2.05) is 18.3 Å². The average molecular weight is 420 g/mol. The Kier molecular flexibility index (Phi) is 5.32. The first-order valence-corrected chi connectivity index (χ1v) is 11.4. The largest absolute Gasteiger partial charge is 0.396 e. The number of hydrogen-bond donors (Lipinski definition) is 1. The number of hydrogen-bond acceptors (Lipinski definition) is 6. The molecule has 7 nitrogen and oxygen atoms in total. The van der Waals surface area contributed by atoms with Gasteiger partial charge in [0.2, 0.25) is 0 Å². The minimum Gasteiger partial charge on any atom is -0.396 e. The fraction of sp³-hybridized carbons (Fsp3) is 0.500. The monoisotopic (exact) mass is 419 g/mol. The number of aryl methyl sites for hydroxylation is 1. The molecule has 31 heavy (non-hydrogen) atoms. The van der Waals surface area contributed by atoms with Crippen LogP contribution in [0.4, 0.5) is 11.5 Å². The van der Waals surface area contributed by atoms with Crippen LogP contribution < -0.4 is 10.6 Å². The molecule has 2 saturated heterocycles. The van der Waals surface area contributed by atoms with Crippen LogP contribution >= 0.6 is 0 Å². The maximum absolute atomic E-state index is 6.36. The molecule has 2 aliphatic rings. The summed E-state index contributed by atoms with van der Waals surface area (Å²) in [7, 11) is 4.40. The number of nitrogens with two attached hydrogens (primary N) is 1. The molecule has 0 aromatic carbocycles. The Morgan fingerprint density at radius 3 is 2.55 bits per heavy atom. The summed E-state index contributed by atoms with van der Waals surface area (Å²) >= 11 is 0. The van der Waals surface area contributed by atoms with Crippen molar-refractivity contribution in [1.82, 2.24) is 24.2 Å². The van der Waals surface area contributed by atoms with Crippen LogP contribution in [0.5, 0.6) is 0 Å². The highest BCUT2D eigenvalue weighted by Gasteiger charge is 2.33. The molecular formula is C24H33N7. The molecule has 2 atom stereocenters. The van der Waals surface area contributed by atoms with E-state index in [4.69, 9.17) is 15.7 Å². The number of rotatable bonds is 3. The number of anilines is 2. The average Bonchev–Trinajstić information content (AvgIpc) is 3.22. The van der Waals surface area contributed by atoms with Crippen molar-refractivity contribution < 1.29 is 0 Å². The molecule has 5 heterocycles. The van der Waals surface area contributed by atoms with Gasteiger partial charge in [0.25, 0.3) is 0 Å². The lowest BCUT2D eigenvalue weighted by Crippen LogP contribution is -2.45. The van der Waals surface area contributed by atoms with Crippen molar-refractivity contribution in [3.05, 3.63) is 53.6 Å². The Morgan fingerprint density at radius 1 is 1.00 bits per heavy atom. The first kappa shape index (κ1) is 20.3. The third-order valence-electron chi connectivity index (χ3n) is 7.11. The van der Waals surface area contributed by atoms with E-state index in [0.29, 0.717) is 6.04 Å². The van der Waals surface area contributed by atoms with E-state index in [0.717, 1.165) is 56.0 Å². The fourth-order valence-electron chi connectivity index (χ4n) is 5.21. The van der Waals surface area contributed by atoms with Crippen LogP contribution in [0, 0.1) is 6.92 Å². The van der Waals surface area contributed by atoms with E-state index in [1.165, 1.54) is 23.5 Å². The predicted octanol–water partition coefficient (Wildman–Crippen LogP) is 3.27. The standard InChI is InChI=1S/C24H33N7/c1-17-6-5-11-26-23(17)21-8-4-7-20(29(21)3)19-16-31-22(10-9-18(25)24(31)27-19)30-14-12-28(2)13-15-30/h5-6,9-11,16,20-21H,4,7-8,12-15,25H2,1-3H3/t20-,21+/m1/s1. The van der Waals surface area contributed by atoms with Gasteiger partial charge in [-0.05, 0) is 64.0 Å². The quantitative estimate of drug-likeness (QED) is 0.703. The van der Waals surface area contributed by atoms with Crippen LogP contribution in [0.15, 0.2) is 36.7 Å². The number of pyridine rings is 2. The lowest BCUT2D eigenvalue weighted by Gasteiger charge is -2.39. The number of piperidine rings is 1. The molecular weight excluding hydrogens is 386 g/mol. The SMILES string of the molecule is Cc1cccnc1[C@@H]1CCC[C@H](c2cn3c(N4CCN(C)CC4)ccc(N)c3n2)N1C. The van der Waals surface area contributed by atoms with Gasteiger partial charge in [-0.1, -0.05) is 6.07 Å². The lowest BCUT2D eigenvalue weighted by atomic mass is 9.91. The molecule has 0 aliphatic carbocycles. The minimum absolute atomic E-state index is 0.264. The van der Waals surface area contributed by atoms with Gasteiger partial charge in [-0.15, -0.1) is 0 Å². The zero-order valence-electron chi connectivity index (χ0n) is 18.8. The van der Waals surface area contributed by atoms with Crippen LogP contribution in [0.2, 0.25) is 0 Å². The molecule has 0 spiro atoms. The van der Waals surface area contributed by atoms with Crippen molar-refractivity contribution in [2.75, 3.05) is 50.9 Å². The maximum atomic E-state index is 6.36. The summed E-state index contributed by atoms with van der Waals surface area (Å²) in [4.78, 5) is 17.1. The molecule has 0 radical (unpaired) electrons. The highest BCUT2D eigenvalue weighted by Crippen LogP contribution is 2.40. The number of piperazine rings is 1. The number of fused-ring (bicyclic) bond motifs is 1. The molecule has 0 amide bonds. The third-order valence-corrected chi connectivity index (χ3v) is 7.11. The summed E-state index contributed by atoms with van der Waals surface area (Å²) < 4.78 is 2.21. The second kappa shape index (κ2) is 8.13. The molecule has 2 aliphatic heterocycles. The second-order valence-electron chi connectivity index (χ2n) is 9.13. The molecule has 2 fully saturated rings.